The van der Waals surface area contributed by atoms with E-state index in [1.54, 1.807) is 6.20 Å². The molecule has 1 aromatic rings. The Morgan fingerprint density at radius 1 is 1.35 bits per heavy atom. The minimum absolute atomic E-state index is 0.244. The molecule has 1 amide bonds. The lowest BCUT2D eigenvalue weighted by Gasteiger charge is -2.36. The van der Waals surface area contributed by atoms with E-state index in [2.05, 4.69) is 15.3 Å². The van der Waals surface area contributed by atoms with Gasteiger partial charge in [-0.15, -0.1) is 0 Å². The first-order valence-corrected chi connectivity index (χ1v) is 7.22. The van der Waals surface area contributed by atoms with E-state index in [0.717, 1.165) is 37.6 Å². The molecule has 0 aliphatic carbocycles. The van der Waals surface area contributed by atoms with E-state index in [1.165, 1.54) is 0 Å². The van der Waals surface area contributed by atoms with Gasteiger partial charge in [0, 0.05) is 30.7 Å². The maximum Gasteiger partial charge on any atom is 0.227 e. The highest BCUT2D eigenvalue weighted by Gasteiger charge is 2.30. The Balaban J connectivity index is 1.87. The van der Waals surface area contributed by atoms with E-state index in [0.29, 0.717) is 6.04 Å². The van der Waals surface area contributed by atoms with Crippen molar-refractivity contribution < 1.29 is 4.79 Å². The molecule has 1 N–H and O–H groups in total. The standard InChI is InChI=1S/C15H24N4O/c1-11-16-8-5-13(17-11)18-12-6-9-19(10-7-12)14(20)15(2,3)4/h5,8,12H,6-7,9-10H2,1-4H3,(H,16,17,18). The van der Waals surface area contributed by atoms with Crippen molar-refractivity contribution in [2.24, 2.45) is 5.41 Å². The molecule has 1 aliphatic rings. The van der Waals surface area contributed by atoms with E-state index in [1.807, 2.05) is 38.7 Å². The van der Waals surface area contributed by atoms with Gasteiger partial charge in [-0.05, 0) is 25.8 Å². The highest BCUT2D eigenvalue weighted by molar-refractivity contribution is 5.81. The Labute approximate surface area is 120 Å². The van der Waals surface area contributed by atoms with Crippen LogP contribution in [0.4, 0.5) is 5.82 Å². The molecular formula is C15H24N4O. The van der Waals surface area contributed by atoms with Crippen LogP contribution in [-0.2, 0) is 4.79 Å². The van der Waals surface area contributed by atoms with E-state index < -0.39 is 0 Å². The van der Waals surface area contributed by atoms with Gasteiger partial charge >= 0.3 is 0 Å². The zero-order chi connectivity index (χ0) is 14.8. The molecule has 0 spiro atoms. The first kappa shape index (κ1) is 14.8. The molecule has 0 aromatic carbocycles. The Hall–Kier alpha value is -1.65. The zero-order valence-corrected chi connectivity index (χ0v) is 12.8. The number of carbonyl (C=O) groups excluding carboxylic acids is 1. The van der Waals surface area contributed by atoms with Crippen molar-refractivity contribution in [1.82, 2.24) is 14.9 Å². The molecule has 5 nitrogen and oxygen atoms in total. The number of nitrogens with zero attached hydrogens (tertiary/aromatic N) is 3. The highest BCUT2D eigenvalue weighted by Crippen LogP contribution is 2.22. The van der Waals surface area contributed by atoms with Gasteiger partial charge in [0.25, 0.3) is 0 Å². The van der Waals surface area contributed by atoms with Gasteiger partial charge < -0.3 is 10.2 Å². The van der Waals surface area contributed by atoms with Crippen LogP contribution in [0.15, 0.2) is 12.3 Å². The van der Waals surface area contributed by atoms with Crippen molar-refractivity contribution in [3.8, 4) is 0 Å². The summed E-state index contributed by atoms with van der Waals surface area (Å²) in [5.41, 5.74) is -0.288. The van der Waals surface area contributed by atoms with Gasteiger partial charge in [0.15, 0.2) is 0 Å². The monoisotopic (exact) mass is 276 g/mol. The summed E-state index contributed by atoms with van der Waals surface area (Å²) in [6.45, 7) is 9.45. The molecule has 0 saturated carbocycles. The molecule has 0 unspecified atom stereocenters. The van der Waals surface area contributed by atoms with Crippen LogP contribution in [0.2, 0.25) is 0 Å². The Bertz CT molecular complexity index is 473. The van der Waals surface area contributed by atoms with Crippen molar-refractivity contribution in [3.63, 3.8) is 0 Å². The molecule has 20 heavy (non-hydrogen) atoms. The lowest BCUT2D eigenvalue weighted by molar-refractivity contribution is -0.140. The van der Waals surface area contributed by atoms with Gasteiger partial charge in [0.05, 0.1) is 0 Å². The van der Waals surface area contributed by atoms with Crippen LogP contribution < -0.4 is 5.32 Å². The maximum absolute atomic E-state index is 12.2. The molecule has 2 heterocycles. The fourth-order valence-corrected chi connectivity index (χ4v) is 2.45. The van der Waals surface area contributed by atoms with Crippen LogP contribution in [0.1, 0.15) is 39.4 Å². The van der Waals surface area contributed by atoms with Crippen molar-refractivity contribution in [2.45, 2.75) is 46.6 Å². The third kappa shape index (κ3) is 3.68. The van der Waals surface area contributed by atoms with E-state index in [4.69, 9.17) is 0 Å². The van der Waals surface area contributed by atoms with Gasteiger partial charge in [0.2, 0.25) is 5.91 Å². The van der Waals surface area contributed by atoms with Crippen LogP contribution in [-0.4, -0.2) is 39.9 Å². The first-order valence-electron chi connectivity index (χ1n) is 7.22. The molecule has 2 rings (SSSR count). The number of hydrogen-bond donors (Lipinski definition) is 1. The molecule has 1 saturated heterocycles. The van der Waals surface area contributed by atoms with E-state index in [9.17, 15) is 4.79 Å². The van der Waals surface area contributed by atoms with Crippen molar-refractivity contribution in [2.75, 3.05) is 18.4 Å². The summed E-state index contributed by atoms with van der Waals surface area (Å²) in [6, 6.07) is 2.27. The van der Waals surface area contributed by atoms with Gasteiger partial charge in [-0.2, -0.15) is 0 Å². The molecule has 1 fully saturated rings. The number of nitrogens with one attached hydrogen (secondary N) is 1. The fourth-order valence-electron chi connectivity index (χ4n) is 2.45. The minimum Gasteiger partial charge on any atom is -0.367 e. The predicted octanol–water partition coefficient (Wildman–Crippen LogP) is 2.23. The van der Waals surface area contributed by atoms with Crippen LogP contribution in [0.5, 0.6) is 0 Å². The van der Waals surface area contributed by atoms with Crippen LogP contribution in [0, 0.1) is 12.3 Å². The quantitative estimate of drug-likeness (QED) is 0.900. The molecule has 1 aliphatic heterocycles. The second kappa shape index (κ2) is 5.77. The SMILES string of the molecule is Cc1nccc(NC2CCN(C(=O)C(C)(C)C)CC2)n1. The van der Waals surface area contributed by atoms with Crippen molar-refractivity contribution in [3.05, 3.63) is 18.1 Å². The number of anilines is 1. The van der Waals surface area contributed by atoms with Crippen molar-refractivity contribution >= 4 is 11.7 Å². The average Bonchev–Trinajstić information content (AvgIpc) is 2.38. The van der Waals surface area contributed by atoms with Gasteiger partial charge in [-0.25, -0.2) is 9.97 Å². The lowest BCUT2D eigenvalue weighted by Crippen LogP contribution is -2.46. The third-order valence-electron chi connectivity index (χ3n) is 3.55. The molecule has 1 aromatic heterocycles. The number of aryl methyl sites for hydroxylation is 1. The van der Waals surface area contributed by atoms with E-state index >= 15 is 0 Å². The number of piperidine rings is 1. The summed E-state index contributed by atoms with van der Waals surface area (Å²) in [6.07, 6.45) is 3.69. The topological polar surface area (TPSA) is 58.1 Å². The van der Waals surface area contributed by atoms with Crippen molar-refractivity contribution in [1.29, 1.82) is 0 Å². The molecule has 0 atom stereocenters. The largest absolute Gasteiger partial charge is 0.367 e. The number of likely N-dealkylation sites (tertiary alicyclic amines) is 1. The van der Waals surface area contributed by atoms with Gasteiger partial charge in [-0.1, -0.05) is 20.8 Å². The summed E-state index contributed by atoms with van der Waals surface area (Å²) in [4.78, 5) is 22.6. The summed E-state index contributed by atoms with van der Waals surface area (Å²) in [5, 5.41) is 3.43. The van der Waals surface area contributed by atoms with Gasteiger partial charge in [-0.3, -0.25) is 4.79 Å². The van der Waals surface area contributed by atoms with Crippen LogP contribution in [0.25, 0.3) is 0 Å². The number of hydrogen-bond acceptors (Lipinski definition) is 4. The Morgan fingerprint density at radius 3 is 2.55 bits per heavy atom. The summed E-state index contributed by atoms with van der Waals surface area (Å²) < 4.78 is 0. The fraction of sp³-hybridized carbons (Fsp3) is 0.667. The molecule has 0 bridgehead atoms. The third-order valence-corrected chi connectivity index (χ3v) is 3.55. The summed E-state index contributed by atoms with van der Waals surface area (Å²) in [7, 11) is 0. The Morgan fingerprint density at radius 2 is 2.00 bits per heavy atom. The number of amides is 1. The number of aromatic nitrogens is 2. The number of carbonyl (C=O) groups is 1. The molecular weight excluding hydrogens is 252 g/mol. The Kier molecular flexibility index (Phi) is 4.26. The average molecular weight is 276 g/mol. The second-order valence-corrected chi connectivity index (χ2v) is 6.45. The molecule has 0 radical (unpaired) electrons. The van der Waals surface area contributed by atoms with Gasteiger partial charge in [0.1, 0.15) is 11.6 Å². The minimum atomic E-state index is -0.288. The smallest absolute Gasteiger partial charge is 0.227 e. The van der Waals surface area contributed by atoms with E-state index in [-0.39, 0.29) is 11.3 Å². The predicted molar refractivity (Wildman–Crippen MR) is 79.4 cm³/mol. The summed E-state index contributed by atoms with van der Waals surface area (Å²) >= 11 is 0. The van der Waals surface area contributed by atoms with Crippen LogP contribution in [0.3, 0.4) is 0 Å². The molecule has 110 valence electrons. The maximum atomic E-state index is 12.2. The molecule has 5 heteroatoms. The normalized spacial score (nSPS) is 17.1. The zero-order valence-electron chi connectivity index (χ0n) is 12.8. The lowest BCUT2D eigenvalue weighted by atomic mass is 9.93. The first-order chi connectivity index (χ1) is 9.36. The second-order valence-electron chi connectivity index (χ2n) is 6.45. The summed E-state index contributed by atoms with van der Waals surface area (Å²) in [5.74, 6) is 1.89. The highest BCUT2D eigenvalue weighted by atomic mass is 16.2. The number of rotatable bonds is 2. The van der Waals surface area contributed by atoms with Crippen LogP contribution >= 0.6 is 0 Å².